The van der Waals surface area contributed by atoms with E-state index in [1.165, 1.54) is 22.3 Å². The van der Waals surface area contributed by atoms with Gasteiger partial charge in [-0.05, 0) is 78.6 Å². The van der Waals surface area contributed by atoms with Crippen molar-refractivity contribution in [2.45, 2.75) is 13.8 Å². The van der Waals surface area contributed by atoms with E-state index in [2.05, 4.69) is 109 Å². The summed E-state index contributed by atoms with van der Waals surface area (Å²) in [6, 6.07) is 29.8. The first-order valence-electron chi connectivity index (χ1n) is 8.87. The standard InChI is InChI=1S/C24H22N2/c1-17-6-3-10-21(12-17)25-23-14-19-8-5-9-20(19)15-24(16-23)26-22-11-4-7-18(2)13-22/h3-16,25-26H,1-2H3. The Hall–Kier alpha value is -3.26. The SMILES string of the molecule is Cc1cccc(Nc2cc(Nc3cccc(C)c3)cc3cccc-3c2)c1. The molecule has 2 nitrogen and oxygen atoms in total. The second-order valence-corrected chi connectivity index (χ2v) is 6.77. The summed E-state index contributed by atoms with van der Waals surface area (Å²) in [6.07, 6.45) is 0. The van der Waals surface area contributed by atoms with Crippen molar-refractivity contribution in [3.63, 3.8) is 0 Å². The monoisotopic (exact) mass is 338 g/mol. The van der Waals surface area contributed by atoms with Gasteiger partial charge in [0.05, 0.1) is 0 Å². The third-order valence-corrected chi connectivity index (χ3v) is 4.43. The molecule has 26 heavy (non-hydrogen) atoms. The van der Waals surface area contributed by atoms with Crippen LogP contribution in [0.3, 0.4) is 0 Å². The van der Waals surface area contributed by atoms with Crippen LogP contribution in [-0.4, -0.2) is 0 Å². The van der Waals surface area contributed by atoms with Gasteiger partial charge in [-0.1, -0.05) is 42.5 Å². The average Bonchev–Trinajstić information content (AvgIpc) is 2.95. The van der Waals surface area contributed by atoms with Crippen molar-refractivity contribution < 1.29 is 0 Å². The third kappa shape index (κ3) is 3.70. The second kappa shape index (κ2) is 6.93. The summed E-state index contributed by atoms with van der Waals surface area (Å²) >= 11 is 0. The Kier molecular flexibility index (Phi) is 4.32. The summed E-state index contributed by atoms with van der Waals surface area (Å²) in [6.45, 7) is 4.21. The molecule has 2 aliphatic rings. The summed E-state index contributed by atoms with van der Waals surface area (Å²) in [5.74, 6) is 0. The van der Waals surface area contributed by atoms with Gasteiger partial charge in [0, 0.05) is 22.7 Å². The first-order valence-corrected chi connectivity index (χ1v) is 8.87. The molecule has 2 N–H and O–H groups in total. The van der Waals surface area contributed by atoms with Crippen LogP contribution in [0.2, 0.25) is 0 Å². The molecule has 0 spiro atoms. The van der Waals surface area contributed by atoms with Crippen LogP contribution in [0.15, 0.2) is 84.9 Å². The van der Waals surface area contributed by atoms with E-state index in [1.54, 1.807) is 0 Å². The molecule has 2 aromatic rings. The van der Waals surface area contributed by atoms with Gasteiger partial charge in [-0.15, -0.1) is 0 Å². The first kappa shape index (κ1) is 16.2. The molecule has 0 heterocycles. The maximum absolute atomic E-state index is 3.54. The lowest BCUT2D eigenvalue weighted by atomic mass is 10.2. The fourth-order valence-corrected chi connectivity index (χ4v) is 3.22. The van der Waals surface area contributed by atoms with Crippen LogP contribution in [0.5, 0.6) is 0 Å². The van der Waals surface area contributed by atoms with E-state index < -0.39 is 0 Å². The molecule has 0 bridgehead atoms. The summed E-state index contributed by atoms with van der Waals surface area (Å²) in [5, 5.41) is 7.09. The minimum atomic E-state index is 1.06. The molecule has 0 aromatic heterocycles. The van der Waals surface area contributed by atoms with Crippen LogP contribution in [0.1, 0.15) is 11.1 Å². The fourth-order valence-electron chi connectivity index (χ4n) is 3.22. The van der Waals surface area contributed by atoms with Crippen LogP contribution in [0, 0.1) is 13.8 Å². The van der Waals surface area contributed by atoms with E-state index >= 15 is 0 Å². The molecule has 2 heteroatoms. The van der Waals surface area contributed by atoms with E-state index in [4.69, 9.17) is 0 Å². The molecule has 0 atom stereocenters. The summed E-state index contributed by atoms with van der Waals surface area (Å²) in [5.41, 5.74) is 9.24. The lowest BCUT2D eigenvalue weighted by molar-refractivity contribution is 1.45. The summed E-state index contributed by atoms with van der Waals surface area (Å²) < 4.78 is 0. The van der Waals surface area contributed by atoms with Crippen molar-refractivity contribution in [3.8, 4) is 11.1 Å². The van der Waals surface area contributed by atoms with E-state index in [-0.39, 0.29) is 0 Å². The Morgan fingerprint density at radius 2 is 0.923 bits per heavy atom. The zero-order valence-corrected chi connectivity index (χ0v) is 15.1. The Morgan fingerprint density at radius 1 is 0.462 bits per heavy atom. The van der Waals surface area contributed by atoms with Gasteiger partial charge in [-0.3, -0.25) is 0 Å². The number of hydrogen-bond donors (Lipinski definition) is 2. The Labute approximate surface area is 154 Å². The van der Waals surface area contributed by atoms with Crippen LogP contribution >= 0.6 is 0 Å². The molecule has 0 amide bonds. The molecular weight excluding hydrogens is 316 g/mol. The molecular formula is C24H22N2. The molecule has 0 saturated heterocycles. The first-order chi connectivity index (χ1) is 12.7. The zero-order valence-electron chi connectivity index (χ0n) is 15.1. The van der Waals surface area contributed by atoms with Crippen molar-refractivity contribution in [2.75, 3.05) is 10.6 Å². The third-order valence-electron chi connectivity index (χ3n) is 4.43. The normalized spacial score (nSPS) is 10.7. The van der Waals surface area contributed by atoms with Gasteiger partial charge in [-0.2, -0.15) is 0 Å². The van der Waals surface area contributed by atoms with E-state index in [0.717, 1.165) is 22.7 Å². The topological polar surface area (TPSA) is 24.1 Å². The molecule has 0 saturated carbocycles. The molecule has 4 rings (SSSR count). The van der Waals surface area contributed by atoms with Gasteiger partial charge in [0.1, 0.15) is 0 Å². The van der Waals surface area contributed by atoms with Crippen molar-refractivity contribution in [3.05, 3.63) is 96.1 Å². The highest BCUT2D eigenvalue weighted by molar-refractivity contribution is 5.78. The zero-order chi connectivity index (χ0) is 17.9. The Bertz CT molecular complexity index is 941. The summed E-state index contributed by atoms with van der Waals surface area (Å²) in [4.78, 5) is 0. The number of aryl methyl sites for hydroxylation is 2. The number of anilines is 4. The molecule has 0 aliphatic heterocycles. The predicted molar refractivity (Wildman–Crippen MR) is 112 cm³/mol. The van der Waals surface area contributed by atoms with E-state index in [9.17, 15) is 0 Å². The van der Waals surface area contributed by atoms with Crippen LogP contribution in [-0.2, 0) is 0 Å². The van der Waals surface area contributed by atoms with Gasteiger partial charge in [-0.25, -0.2) is 0 Å². The maximum Gasteiger partial charge on any atom is 0.0411 e. The maximum atomic E-state index is 3.54. The number of benzene rings is 2. The van der Waals surface area contributed by atoms with E-state index in [0.29, 0.717) is 0 Å². The molecule has 0 unspecified atom stereocenters. The highest BCUT2D eigenvalue weighted by Crippen LogP contribution is 2.31. The molecule has 0 fully saturated rings. The molecule has 0 radical (unpaired) electrons. The van der Waals surface area contributed by atoms with Crippen molar-refractivity contribution in [1.82, 2.24) is 0 Å². The summed E-state index contributed by atoms with van der Waals surface area (Å²) in [7, 11) is 0. The lowest BCUT2D eigenvalue weighted by Crippen LogP contribution is -1.92. The molecule has 2 aromatic carbocycles. The smallest absolute Gasteiger partial charge is 0.0411 e. The predicted octanol–water partition coefficient (Wildman–Crippen LogP) is 6.90. The number of hydrogen-bond acceptors (Lipinski definition) is 2. The molecule has 2 aliphatic carbocycles. The van der Waals surface area contributed by atoms with Gasteiger partial charge in [0.15, 0.2) is 0 Å². The fraction of sp³-hybridized carbons (Fsp3) is 0.0833. The average molecular weight is 338 g/mol. The van der Waals surface area contributed by atoms with Gasteiger partial charge in [0.2, 0.25) is 0 Å². The van der Waals surface area contributed by atoms with Crippen LogP contribution < -0.4 is 10.6 Å². The van der Waals surface area contributed by atoms with Crippen molar-refractivity contribution in [1.29, 1.82) is 0 Å². The Balaban J connectivity index is 1.72. The van der Waals surface area contributed by atoms with E-state index in [1.807, 2.05) is 0 Å². The van der Waals surface area contributed by atoms with Gasteiger partial charge >= 0.3 is 0 Å². The quantitative estimate of drug-likeness (QED) is 0.423. The largest absolute Gasteiger partial charge is 0.355 e. The van der Waals surface area contributed by atoms with Gasteiger partial charge < -0.3 is 10.6 Å². The minimum Gasteiger partial charge on any atom is -0.355 e. The number of rotatable bonds is 4. The lowest BCUT2D eigenvalue weighted by Gasteiger charge is -2.09. The van der Waals surface area contributed by atoms with Gasteiger partial charge in [0.25, 0.3) is 0 Å². The number of nitrogens with one attached hydrogen (secondary N) is 2. The second-order valence-electron chi connectivity index (χ2n) is 6.77. The van der Waals surface area contributed by atoms with Crippen LogP contribution in [0.25, 0.3) is 11.1 Å². The van der Waals surface area contributed by atoms with Crippen molar-refractivity contribution >= 4 is 22.7 Å². The minimum absolute atomic E-state index is 1.06. The number of fused-ring (bicyclic) bond motifs is 1. The van der Waals surface area contributed by atoms with Crippen LogP contribution in [0.4, 0.5) is 22.7 Å². The molecule has 128 valence electrons. The van der Waals surface area contributed by atoms with Crippen molar-refractivity contribution in [2.24, 2.45) is 0 Å². The highest BCUT2D eigenvalue weighted by atomic mass is 14.9. The Morgan fingerprint density at radius 3 is 1.38 bits per heavy atom. The highest BCUT2D eigenvalue weighted by Gasteiger charge is 2.06.